The maximum absolute atomic E-state index is 13.8. The fourth-order valence-electron chi connectivity index (χ4n) is 4.94. The predicted octanol–water partition coefficient (Wildman–Crippen LogP) is 3.55. The molecule has 0 aliphatic heterocycles. The van der Waals surface area contributed by atoms with Gasteiger partial charge < -0.3 is 0 Å². The molecular weight excluding hydrogens is 336 g/mol. The number of nitrogens with zero attached hydrogens (tertiary/aromatic N) is 2. The molecule has 0 unspecified atom stereocenters. The quantitative estimate of drug-likeness (QED) is 0.543. The average Bonchev–Trinajstić information content (AvgIpc) is 3.16. The Morgan fingerprint density at radius 2 is 1.70 bits per heavy atom. The van der Waals surface area contributed by atoms with Gasteiger partial charge in [0.25, 0.3) is 5.56 Å². The molecule has 1 spiro atoms. The lowest BCUT2D eigenvalue weighted by atomic mass is 9.68. The van der Waals surface area contributed by atoms with Crippen LogP contribution in [0.4, 0.5) is 5.95 Å². The van der Waals surface area contributed by atoms with Crippen molar-refractivity contribution in [3.05, 3.63) is 76.1 Å². The molecule has 1 saturated carbocycles. The highest BCUT2D eigenvalue weighted by molar-refractivity contribution is 5.73. The smallest absolute Gasteiger partial charge is 0.263 e. The van der Waals surface area contributed by atoms with Crippen LogP contribution < -0.4 is 16.8 Å². The van der Waals surface area contributed by atoms with Crippen molar-refractivity contribution in [3.63, 3.8) is 0 Å². The summed E-state index contributed by atoms with van der Waals surface area (Å²) in [5.74, 6) is 6.15. The van der Waals surface area contributed by atoms with Gasteiger partial charge >= 0.3 is 0 Å². The first kappa shape index (κ1) is 16.3. The fourth-order valence-corrected chi connectivity index (χ4v) is 4.94. The first-order valence-corrected chi connectivity index (χ1v) is 9.51. The van der Waals surface area contributed by atoms with Crippen molar-refractivity contribution in [2.75, 3.05) is 5.43 Å². The first-order valence-electron chi connectivity index (χ1n) is 9.51. The number of para-hydroxylation sites is 1. The number of nitrogens with one attached hydrogen (secondary N) is 1. The Bertz CT molecular complexity index is 1070. The lowest BCUT2D eigenvalue weighted by Gasteiger charge is -2.36. The monoisotopic (exact) mass is 358 g/mol. The molecule has 2 aromatic carbocycles. The van der Waals surface area contributed by atoms with E-state index in [0.717, 1.165) is 54.6 Å². The van der Waals surface area contributed by atoms with Gasteiger partial charge in [0.15, 0.2) is 0 Å². The second-order valence-corrected chi connectivity index (χ2v) is 7.60. The molecule has 136 valence electrons. The lowest BCUT2D eigenvalue weighted by Crippen LogP contribution is -2.40. The summed E-state index contributed by atoms with van der Waals surface area (Å²) in [6.07, 6.45) is 5.30. The number of fused-ring (bicyclic) bond motifs is 4. The van der Waals surface area contributed by atoms with Crippen LogP contribution in [0.15, 0.2) is 59.4 Å². The molecule has 3 N–H and O–H groups in total. The van der Waals surface area contributed by atoms with E-state index in [1.807, 2.05) is 36.4 Å². The van der Waals surface area contributed by atoms with Crippen LogP contribution in [-0.2, 0) is 11.8 Å². The Balaban J connectivity index is 1.87. The highest BCUT2D eigenvalue weighted by Gasteiger charge is 2.44. The van der Waals surface area contributed by atoms with Crippen molar-refractivity contribution in [1.82, 2.24) is 9.55 Å². The van der Waals surface area contributed by atoms with Gasteiger partial charge in [0, 0.05) is 11.0 Å². The number of anilines is 1. The number of nitrogens with two attached hydrogens (primary N) is 1. The van der Waals surface area contributed by atoms with Gasteiger partial charge in [-0.2, -0.15) is 0 Å². The lowest BCUT2D eigenvalue weighted by molar-refractivity contribution is 0.425. The summed E-state index contributed by atoms with van der Waals surface area (Å²) in [5.41, 5.74) is 7.29. The topological polar surface area (TPSA) is 72.9 Å². The van der Waals surface area contributed by atoms with E-state index >= 15 is 0 Å². The zero-order chi connectivity index (χ0) is 18.4. The summed E-state index contributed by atoms with van der Waals surface area (Å²) in [7, 11) is 0. The second kappa shape index (κ2) is 6.06. The molecule has 5 nitrogen and oxygen atoms in total. The predicted molar refractivity (Wildman–Crippen MR) is 107 cm³/mol. The summed E-state index contributed by atoms with van der Waals surface area (Å²) in [4.78, 5) is 18.6. The van der Waals surface area contributed by atoms with E-state index in [9.17, 15) is 4.79 Å². The van der Waals surface area contributed by atoms with E-state index in [0.29, 0.717) is 5.95 Å². The zero-order valence-corrected chi connectivity index (χ0v) is 15.1. The molecule has 5 rings (SSSR count). The van der Waals surface area contributed by atoms with Crippen molar-refractivity contribution in [2.45, 2.75) is 37.5 Å². The minimum atomic E-state index is -0.114. The van der Waals surface area contributed by atoms with Gasteiger partial charge in [-0.25, -0.2) is 15.4 Å². The van der Waals surface area contributed by atoms with Crippen LogP contribution in [-0.4, -0.2) is 9.55 Å². The third kappa shape index (κ3) is 2.35. The largest absolute Gasteiger partial charge is 0.293 e. The molecule has 3 aromatic rings. The summed E-state index contributed by atoms with van der Waals surface area (Å²) < 4.78 is 1.62. The van der Waals surface area contributed by atoms with E-state index in [1.165, 1.54) is 5.56 Å². The number of hydrogen-bond acceptors (Lipinski definition) is 4. The highest BCUT2D eigenvalue weighted by Crippen LogP contribution is 2.49. The molecule has 5 heteroatoms. The van der Waals surface area contributed by atoms with Crippen molar-refractivity contribution in [3.8, 4) is 16.9 Å². The summed E-state index contributed by atoms with van der Waals surface area (Å²) in [6.45, 7) is 0. The molecule has 27 heavy (non-hydrogen) atoms. The van der Waals surface area contributed by atoms with Crippen molar-refractivity contribution in [1.29, 1.82) is 0 Å². The minimum Gasteiger partial charge on any atom is -0.293 e. The van der Waals surface area contributed by atoms with Gasteiger partial charge in [-0.05, 0) is 37.0 Å². The van der Waals surface area contributed by atoms with E-state index in [2.05, 4.69) is 23.6 Å². The number of nitrogen functional groups attached to an aromatic ring is 1. The van der Waals surface area contributed by atoms with E-state index in [-0.39, 0.29) is 11.0 Å². The van der Waals surface area contributed by atoms with E-state index < -0.39 is 0 Å². The van der Waals surface area contributed by atoms with Gasteiger partial charge in [0.2, 0.25) is 5.95 Å². The molecule has 2 aliphatic carbocycles. The number of hydrogen-bond donors (Lipinski definition) is 2. The summed E-state index contributed by atoms with van der Waals surface area (Å²) >= 11 is 0. The molecular formula is C22H22N4O. The Morgan fingerprint density at radius 1 is 1.00 bits per heavy atom. The SMILES string of the molecule is NNc1nc2c(c(=O)n1-c1ccccc1)C1(CCCC1)Cc1ccccc1-2. The van der Waals surface area contributed by atoms with Crippen LogP contribution >= 0.6 is 0 Å². The fraction of sp³-hybridized carbons (Fsp3) is 0.273. The molecule has 0 bridgehead atoms. The number of hydrazine groups is 1. The van der Waals surface area contributed by atoms with E-state index in [1.54, 1.807) is 4.57 Å². The molecule has 2 aliphatic rings. The van der Waals surface area contributed by atoms with Gasteiger partial charge in [-0.15, -0.1) is 0 Å². The van der Waals surface area contributed by atoms with Crippen LogP contribution in [0.2, 0.25) is 0 Å². The first-order chi connectivity index (χ1) is 13.2. The molecule has 1 heterocycles. The molecule has 1 aromatic heterocycles. The summed E-state index contributed by atoms with van der Waals surface area (Å²) in [5, 5.41) is 0. The average molecular weight is 358 g/mol. The molecule has 0 amide bonds. The molecule has 0 radical (unpaired) electrons. The number of benzene rings is 2. The van der Waals surface area contributed by atoms with Gasteiger partial charge in [0.05, 0.1) is 16.9 Å². The Hall–Kier alpha value is -2.92. The molecule has 1 fully saturated rings. The highest BCUT2D eigenvalue weighted by atomic mass is 16.1. The van der Waals surface area contributed by atoms with Gasteiger partial charge in [-0.3, -0.25) is 10.2 Å². The Morgan fingerprint density at radius 3 is 2.44 bits per heavy atom. The van der Waals surface area contributed by atoms with Crippen LogP contribution in [0.25, 0.3) is 16.9 Å². The maximum Gasteiger partial charge on any atom is 0.263 e. The van der Waals surface area contributed by atoms with Crippen LogP contribution in [0.1, 0.15) is 36.8 Å². The normalized spacial score (nSPS) is 16.8. The van der Waals surface area contributed by atoms with Gasteiger partial charge in [0.1, 0.15) is 0 Å². The summed E-state index contributed by atoms with van der Waals surface area (Å²) in [6, 6.07) is 17.9. The second-order valence-electron chi connectivity index (χ2n) is 7.60. The third-order valence-corrected chi connectivity index (χ3v) is 6.12. The number of rotatable bonds is 2. The van der Waals surface area contributed by atoms with Crippen molar-refractivity contribution >= 4 is 5.95 Å². The minimum absolute atomic E-state index is 0.00412. The van der Waals surface area contributed by atoms with Crippen LogP contribution in [0.3, 0.4) is 0 Å². The number of aromatic nitrogens is 2. The van der Waals surface area contributed by atoms with Crippen LogP contribution in [0.5, 0.6) is 0 Å². The molecule has 0 atom stereocenters. The Labute approximate surface area is 157 Å². The standard InChI is InChI=1S/C22H22N4O/c23-25-21-24-19-17-11-5-4-8-15(17)14-22(12-6-7-13-22)18(19)20(27)26(21)16-9-2-1-3-10-16/h1-5,8-11H,6-7,12-14,23H2,(H,24,25). The maximum atomic E-state index is 13.8. The zero-order valence-electron chi connectivity index (χ0n) is 15.1. The third-order valence-electron chi connectivity index (χ3n) is 6.12. The Kier molecular flexibility index (Phi) is 3.65. The van der Waals surface area contributed by atoms with Gasteiger partial charge in [-0.1, -0.05) is 55.3 Å². The van der Waals surface area contributed by atoms with Crippen molar-refractivity contribution < 1.29 is 0 Å². The van der Waals surface area contributed by atoms with Crippen LogP contribution in [0, 0.1) is 0 Å². The van der Waals surface area contributed by atoms with Crippen molar-refractivity contribution in [2.24, 2.45) is 5.84 Å². The van der Waals surface area contributed by atoms with E-state index in [4.69, 9.17) is 10.8 Å². The molecule has 0 saturated heterocycles.